The van der Waals surface area contributed by atoms with Gasteiger partial charge in [0.1, 0.15) is 5.75 Å². The quantitative estimate of drug-likeness (QED) is 0.469. The third kappa shape index (κ3) is 3.42. The van der Waals surface area contributed by atoms with E-state index in [-0.39, 0.29) is 17.6 Å². The second kappa shape index (κ2) is 6.43. The summed E-state index contributed by atoms with van der Waals surface area (Å²) < 4.78 is 10.1. The number of benzene rings is 1. The molecule has 7 nitrogen and oxygen atoms in total. The van der Waals surface area contributed by atoms with E-state index in [0.717, 1.165) is 0 Å². The van der Waals surface area contributed by atoms with E-state index in [4.69, 9.17) is 9.47 Å². The van der Waals surface area contributed by atoms with Crippen LogP contribution in [0.4, 0.5) is 11.4 Å². The summed E-state index contributed by atoms with van der Waals surface area (Å²) in [5, 5.41) is 11.0. The number of hydrogen-bond acceptors (Lipinski definition) is 6. The van der Waals surface area contributed by atoms with Gasteiger partial charge in [0.05, 0.1) is 30.6 Å². The summed E-state index contributed by atoms with van der Waals surface area (Å²) >= 11 is 0. The van der Waals surface area contributed by atoms with Crippen molar-refractivity contribution in [3.05, 3.63) is 28.3 Å². The van der Waals surface area contributed by atoms with Gasteiger partial charge in [0.15, 0.2) is 0 Å². The first-order valence-electron chi connectivity index (χ1n) is 6.80. The molecule has 1 aliphatic rings. The number of rotatable bonds is 5. The molecule has 1 aliphatic heterocycles. The molecule has 21 heavy (non-hydrogen) atoms. The topological polar surface area (TPSA) is 81.9 Å². The van der Waals surface area contributed by atoms with Crippen molar-refractivity contribution in [3.63, 3.8) is 0 Å². The zero-order valence-electron chi connectivity index (χ0n) is 12.1. The molecule has 114 valence electrons. The van der Waals surface area contributed by atoms with Crippen LogP contribution in [0.5, 0.6) is 5.75 Å². The van der Waals surface area contributed by atoms with E-state index < -0.39 is 4.92 Å². The molecule has 1 aromatic carbocycles. The van der Waals surface area contributed by atoms with Gasteiger partial charge in [-0.15, -0.1) is 0 Å². The predicted molar refractivity (Wildman–Crippen MR) is 76.6 cm³/mol. The van der Waals surface area contributed by atoms with Crippen molar-refractivity contribution in [2.75, 3.05) is 31.7 Å². The Morgan fingerprint density at radius 3 is 2.86 bits per heavy atom. The number of hydrogen-bond donors (Lipinski definition) is 0. The Balaban J connectivity index is 2.23. The summed E-state index contributed by atoms with van der Waals surface area (Å²) in [5.41, 5.74) is 0.677. The van der Waals surface area contributed by atoms with E-state index in [1.807, 2.05) is 11.8 Å². The van der Waals surface area contributed by atoms with Gasteiger partial charge >= 0.3 is 5.97 Å². The van der Waals surface area contributed by atoms with Crippen molar-refractivity contribution < 1.29 is 19.2 Å². The van der Waals surface area contributed by atoms with Gasteiger partial charge < -0.3 is 14.4 Å². The van der Waals surface area contributed by atoms with Gasteiger partial charge in [-0.3, -0.25) is 14.9 Å². The minimum absolute atomic E-state index is 0.0162. The second-order valence-electron chi connectivity index (χ2n) is 4.83. The van der Waals surface area contributed by atoms with Gasteiger partial charge in [-0.05, 0) is 13.3 Å². The molecular weight excluding hydrogens is 276 g/mol. The van der Waals surface area contributed by atoms with Gasteiger partial charge in [0, 0.05) is 30.9 Å². The summed E-state index contributed by atoms with van der Waals surface area (Å²) in [7, 11) is 1.37. The van der Waals surface area contributed by atoms with Crippen LogP contribution in [0.1, 0.15) is 13.3 Å². The molecule has 1 saturated heterocycles. The average molecular weight is 294 g/mol. The lowest BCUT2D eigenvalue weighted by Gasteiger charge is -2.19. The monoisotopic (exact) mass is 294 g/mol. The Labute approximate surface area is 122 Å². The first-order valence-corrected chi connectivity index (χ1v) is 6.80. The number of non-ortho nitro benzene ring substituents is 1. The molecule has 2 rings (SSSR count). The number of nitro groups is 1. The summed E-state index contributed by atoms with van der Waals surface area (Å²) in [6, 6.07) is 4.67. The molecule has 1 aromatic rings. The molecule has 1 atom stereocenters. The van der Waals surface area contributed by atoms with Crippen LogP contribution in [0.15, 0.2) is 18.2 Å². The van der Waals surface area contributed by atoms with E-state index in [9.17, 15) is 14.9 Å². The van der Waals surface area contributed by atoms with Gasteiger partial charge in [0.2, 0.25) is 0 Å². The molecule has 1 heterocycles. The molecule has 0 radical (unpaired) electrons. The molecule has 0 aliphatic carbocycles. The highest BCUT2D eigenvalue weighted by atomic mass is 16.6. The third-order valence-electron chi connectivity index (χ3n) is 3.49. The molecule has 0 N–H and O–H groups in total. The maximum Gasteiger partial charge on any atom is 0.310 e. The zero-order valence-corrected chi connectivity index (χ0v) is 12.1. The molecule has 0 aromatic heterocycles. The molecule has 1 unspecified atom stereocenters. The van der Waals surface area contributed by atoms with Gasteiger partial charge in [-0.25, -0.2) is 0 Å². The van der Waals surface area contributed by atoms with Crippen LogP contribution in [-0.4, -0.2) is 37.7 Å². The molecule has 0 amide bonds. The summed E-state index contributed by atoms with van der Waals surface area (Å²) in [4.78, 5) is 24.1. The Kier molecular flexibility index (Phi) is 4.62. The molecule has 0 bridgehead atoms. The van der Waals surface area contributed by atoms with Crippen LogP contribution in [-0.2, 0) is 9.53 Å². The molecule has 0 spiro atoms. The number of ether oxygens (including phenoxy) is 2. The number of nitro benzene ring substituents is 1. The predicted octanol–water partition coefficient (Wildman–Crippen LogP) is 1.99. The van der Waals surface area contributed by atoms with Crippen LogP contribution in [0.3, 0.4) is 0 Å². The van der Waals surface area contributed by atoms with Crippen LogP contribution in [0, 0.1) is 16.0 Å². The number of nitrogens with zero attached hydrogens (tertiary/aromatic N) is 2. The smallest absolute Gasteiger partial charge is 0.310 e. The lowest BCUT2D eigenvalue weighted by atomic mass is 10.1. The van der Waals surface area contributed by atoms with Crippen molar-refractivity contribution in [3.8, 4) is 5.75 Å². The molecule has 1 fully saturated rings. The van der Waals surface area contributed by atoms with Crippen LogP contribution < -0.4 is 9.64 Å². The largest absolute Gasteiger partial charge is 0.494 e. The van der Waals surface area contributed by atoms with E-state index in [2.05, 4.69) is 0 Å². The fourth-order valence-corrected chi connectivity index (χ4v) is 2.46. The zero-order chi connectivity index (χ0) is 15.4. The van der Waals surface area contributed by atoms with Crippen molar-refractivity contribution >= 4 is 17.3 Å². The Hall–Kier alpha value is -2.31. The minimum atomic E-state index is -0.445. The number of methoxy groups -OCH3 is 1. The van der Waals surface area contributed by atoms with E-state index in [0.29, 0.717) is 37.6 Å². The highest BCUT2D eigenvalue weighted by Gasteiger charge is 2.30. The SMILES string of the molecule is CCOc1cc(N2CCC(C(=O)OC)C2)cc([N+](=O)[O-])c1. The average Bonchev–Trinajstić information content (AvgIpc) is 2.96. The van der Waals surface area contributed by atoms with Crippen molar-refractivity contribution in [2.24, 2.45) is 5.92 Å². The second-order valence-corrected chi connectivity index (χ2v) is 4.83. The molecule has 7 heteroatoms. The minimum Gasteiger partial charge on any atom is -0.494 e. The van der Waals surface area contributed by atoms with E-state index >= 15 is 0 Å². The Morgan fingerprint density at radius 2 is 2.24 bits per heavy atom. The molecular formula is C14H18N2O5. The van der Waals surface area contributed by atoms with Gasteiger partial charge in [-0.1, -0.05) is 0 Å². The Bertz CT molecular complexity index is 546. The summed E-state index contributed by atoms with van der Waals surface area (Å²) in [5.74, 6) is 0.0287. The summed E-state index contributed by atoms with van der Waals surface area (Å²) in [6.07, 6.45) is 0.680. The maximum absolute atomic E-state index is 11.6. The van der Waals surface area contributed by atoms with Crippen LogP contribution >= 0.6 is 0 Å². The third-order valence-corrected chi connectivity index (χ3v) is 3.49. The highest BCUT2D eigenvalue weighted by molar-refractivity contribution is 5.74. The highest BCUT2D eigenvalue weighted by Crippen LogP contribution is 2.32. The number of esters is 1. The van der Waals surface area contributed by atoms with Crippen molar-refractivity contribution in [1.82, 2.24) is 0 Å². The summed E-state index contributed by atoms with van der Waals surface area (Å²) in [6.45, 7) is 3.42. The van der Waals surface area contributed by atoms with Crippen LogP contribution in [0.2, 0.25) is 0 Å². The maximum atomic E-state index is 11.6. The number of anilines is 1. The lowest BCUT2D eigenvalue weighted by Crippen LogP contribution is -2.23. The lowest BCUT2D eigenvalue weighted by molar-refractivity contribution is -0.384. The standard InChI is InChI=1S/C14H18N2O5/c1-3-21-13-7-11(6-12(8-13)16(18)19)15-5-4-10(9-15)14(17)20-2/h6-8,10H,3-5,9H2,1-2H3. The van der Waals surface area contributed by atoms with Crippen molar-refractivity contribution in [2.45, 2.75) is 13.3 Å². The number of carbonyl (C=O) groups excluding carboxylic acids is 1. The molecule has 0 saturated carbocycles. The normalized spacial score (nSPS) is 17.6. The van der Waals surface area contributed by atoms with Crippen LogP contribution in [0.25, 0.3) is 0 Å². The fourth-order valence-electron chi connectivity index (χ4n) is 2.46. The first-order chi connectivity index (χ1) is 10.0. The van der Waals surface area contributed by atoms with E-state index in [1.54, 1.807) is 6.07 Å². The van der Waals surface area contributed by atoms with Gasteiger partial charge in [0.25, 0.3) is 5.69 Å². The number of carbonyl (C=O) groups is 1. The first kappa shape index (κ1) is 15.1. The Morgan fingerprint density at radius 1 is 1.48 bits per heavy atom. The van der Waals surface area contributed by atoms with Gasteiger partial charge in [-0.2, -0.15) is 0 Å². The van der Waals surface area contributed by atoms with Crippen molar-refractivity contribution in [1.29, 1.82) is 0 Å². The fraction of sp³-hybridized carbons (Fsp3) is 0.500. The van der Waals surface area contributed by atoms with E-state index in [1.165, 1.54) is 19.2 Å².